The van der Waals surface area contributed by atoms with Gasteiger partial charge in [-0.2, -0.15) is 0 Å². The minimum absolute atomic E-state index is 0.181. The molecule has 23 heavy (non-hydrogen) atoms. The normalized spacial score (nSPS) is 10.1. The third-order valence-corrected chi connectivity index (χ3v) is 4.47. The lowest BCUT2D eigenvalue weighted by molar-refractivity contribution is 0.0601. The summed E-state index contributed by atoms with van der Waals surface area (Å²) in [5.41, 5.74) is 0.673. The predicted molar refractivity (Wildman–Crippen MR) is 88.3 cm³/mol. The van der Waals surface area contributed by atoms with Crippen molar-refractivity contribution < 1.29 is 23.9 Å². The van der Waals surface area contributed by atoms with Gasteiger partial charge in [0.25, 0.3) is 5.91 Å². The number of carbonyl (C=O) groups excluding carboxylic acids is 3. The van der Waals surface area contributed by atoms with Crippen molar-refractivity contribution in [2.45, 2.75) is 27.7 Å². The Labute approximate surface area is 139 Å². The van der Waals surface area contributed by atoms with E-state index in [2.05, 4.69) is 5.32 Å². The molecule has 0 aliphatic carbocycles. The van der Waals surface area contributed by atoms with Gasteiger partial charge in [-0.15, -0.1) is 11.3 Å². The number of amides is 2. The van der Waals surface area contributed by atoms with Crippen LogP contribution in [-0.4, -0.2) is 49.7 Å². The second-order valence-electron chi connectivity index (χ2n) is 4.57. The Bertz CT molecular complexity index is 593. The first-order valence-corrected chi connectivity index (χ1v) is 8.17. The van der Waals surface area contributed by atoms with Crippen LogP contribution in [0.15, 0.2) is 0 Å². The quantitative estimate of drug-likeness (QED) is 0.804. The summed E-state index contributed by atoms with van der Waals surface area (Å²) < 4.78 is 9.58. The number of carbonyl (C=O) groups is 3. The van der Waals surface area contributed by atoms with Crippen LogP contribution in [-0.2, 0) is 9.47 Å². The maximum atomic E-state index is 12.6. The Morgan fingerprint density at radius 3 is 2.26 bits per heavy atom. The van der Waals surface area contributed by atoms with Crippen molar-refractivity contribution in [3.8, 4) is 0 Å². The maximum absolute atomic E-state index is 12.6. The van der Waals surface area contributed by atoms with E-state index in [0.717, 1.165) is 11.3 Å². The summed E-state index contributed by atoms with van der Waals surface area (Å²) in [7, 11) is 1.25. The number of ether oxygens (including phenoxy) is 2. The highest BCUT2D eigenvalue weighted by Crippen LogP contribution is 2.34. The predicted octanol–water partition coefficient (Wildman–Crippen LogP) is 2.89. The number of methoxy groups -OCH3 is 1. The van der Waals surface area contributed by atoms with Crippen molar-refractivity contribution in [2.24, 2.45) is 0 Å². The molecule has 0 radical (unpaired) electrons. The molecule has 0 fully saturated rings. The molecule has 0 aliphatic heterocycles. The van der Waals surface area contributed by atoms with E-state index in [-0.39, 0.29) is 23.1 Å². The summed E-state index contributed by atoms with van der Waals surface area (Å²) >= 11 is 1.05. The van der Waals surface area contributed by atoms with Gasteiger partial charge in [0, 0.05) is 13.1 Å². The summed E-state index contributed by atoms with van der Waals surface area (Å²) in [6.07, 6.45) is -0.680. The highest BCUT2D eigenvalue weighted by molar-refractivity contribution is 7.18. The first-order valence-electron chi connectivity index (χ1n) is 7.35. The van der Waals surface area contributed by atoms with E-state index < -0.39 is 12.1 Å². The molecule has 1 rings (SSSR count). The monoisotopic (exact) mass is 342 g/mol. The molecule has 0 aromatic carbocycles. The molecule has 0 bridgehead atoms. The van der Waals surface area contributed by atoms with Gasteiger partial charge in [0.15, 0.2) is 0 Å². The van der Waals surface area contributed by atoms with E-state index in [1.165, 1.54) is 7.11 Å². The highest BCUT2D eigenvalue weighted by atomic mass is 32.1. The topological polar surface area (TPSA) is 84.9 Å². The summed E-state index contributed by atoms with van der Waals surface area (Å²) in [4.78, 5) is 38.3. The van der Waals surface area contributed by atoms with Gasteiger partial charge in [-0.1, -0.05) is 0 Å². The van der Waals surface area contributed by atoms with Gasteiger partial charge in [-0.25, -0.2) is 9.59 Å². The largest absolute Gasteiger partial charge is 0.465 e. The molecule has 8 heteroatoms. The number of anilines is 1. The van der Waals surface area contributed by atoms with E-state index in [1.807, 2.05) is 13.8 Å². The lowest BCUT2D eigenvalue weighted by atomic mass is 10.1. The molecule has 2 amide bonds. The zero-order chi connectivity index (χ0) is 17.6. The number of esters is 1. The van der Waals surface area contributed by atoms with Gasteiger partial charge in [0.05, 0.1) is 24.2 Å². The van der Waals surface area contributed by atoms with E-state index in [0.29, 0.717) is 23.5 Å². The molecule has 0 aliphatic rings. The summed E-state index contributed by atoms with van der Waals surface area (Å²) in [5.74, 6) is -0.788. The molecule has 0 atom stereocenters. The molecule has 7 nitrogen and oxygen atoms in total. The highest BCUT2D eigenvalue weighted by Gasteiger charge is 2.28. The fourth-order valence-electron chi connectivity index (χ4n) is 2.07. The van der Waals surface area contributed by atoms with Crippen LogP contribution in [0.25, 0.3) is 0 Å². The fourth-order valence-corrected chi connectivity index (χ4v) is 3.22. The molecule has 0 unspecified atom stereocenters. The second kappa shape index (κ2) is 8.52. The van der Waals surface area contributed by atoms with E-state index in [4.69, 9.17) is 9.47 Å². The molecule has 0 saturated carbocycles. The molecular formula is C15H22N2O5S. The zero-order valence-electron chi connectivity index (χ0n) is 14.0. The number of rotatable bonds is 6. The Balaban J connectivity index is 3.29. The summed E-state index contributed by atoms with van der Waals surface area (Å²) in [6, 6.07) is 0. The van der Waals surface area contributed by atoms with Crippen molar-refractivity contribution in [1.82, 2.24) is 4.90 Å². The van der Waals surface area contributed by atoms with Gasteiger partial charge in [-0.3, -0.25) is 10.1 Å². The molecule has 1 aromatic heterocycles. The first-order chi connectivity index (χ1) is 10.9. The number of hydrogen-bond donors (Lipinski definition) is 1. The molecule has 128 valence electrons. The third kappa shape index (κ3) is 4.22. The smallest absolute Gasteiger partial charge is 0.412 e. The van der Waals surface area contributed by atoms with Crippen LogP contribution in [0.3, 0.4) is 0 Å². The van der Waals surface area contributed by atoms with Gasteiger partial charge < -0.3 is 14.4 Å². The molecule has 0 saturated heterocycles. The fraction of sp³-hybridized carbons (Fsp3) is 0.533. The molecular weight excluding hydrogens is 320 g/mol. The average Bonchev–Trinajstić information content (AvgIpc) is 2.84. The summed E-state index contributed by atoms with van der Waals surface area (Å²) in [5, 5.41) is 2.76. The van der Waals surface area contributed by atoms with Crippen molar-refractivity contribution >= 4 is 34.3 Å². The standard InChI is InChI=1S/C15H22N2O5S/c1-6-17(7-2)13(18)11-9(4)10(14(19)21-5)12(23-11)16-15(20)22-8-3/h6-8H2,1-5H3,(H,16,20). The van der Waals surface area contributed by atoms with Crippen molar-refractivity contribution in [3.63, 3.8) is 0 Å². The average molecular weight is 342 g/mol. The molecule has 1 aromatic rings. The Morgan fingerprint density at radius 1 is 1.17 bits per heavy atom. The van der Waals surface area contributed by atoms with Crippen LogP contribution in [0.4, 0.5) is 9.80 Å². The third-order valence-electron chi connectivity index (χ3n) is 3.27. The SMILES string of the molecule is CCOC(=O)Nc1sc(C(=O)N(CC)CC)c(C)c1C(=O)OC. The van der Waals surface area contributed by atoms with Crippen LogP contribution < -0.4 is 5.32 Å². The maximum Gasteiger partial charge on any atom is 0.412 e. The van der Waals surface area contributed by atoms with Crippen LogP contribution in [0, 0.1) is 6.92 Å². The molecule has 1 N–H and O–H groups in total. The molecule has 0 spiro atoms. The number of nitrogens with zero attached hydrogens (tertiary/aromatic N) is 1. The van der Waals surface area contributed by atoms with Crippen molar-refractivity contribution in [1.29, 1.82) is 0 Å². The number of thiophene rings is 1. The zero-order valence-corrected chi connectivity index (χ0v) is 14.8. The van der Waals surface area contributed by atoms with Gasteiger partial charge >= 0.3 is 12.1 Å². The van der Waals surface area contributed by atoms with Crippen LogP contribution >= 0.6 is 11.3 Å². The van der Waals surface area contributed by atoms with Crippen LogP contribution in [0.1, 0.15) is 46.4 Å². The Kier molecular flexibility index (Phi) is 7.02. The van der Waals surface area contributed by atoms with Crippen molar-refractivity contribution in [2.75, 3.05) is 32.1 Å². The lowest BCUT2D eigenvalue weighted by Crippen LogP contribution is -2.30. The lowest BCUT2D eigenvalue weighted by Gasteiger charge is -2.17. The van der Waals surface area contributed by atoms with Crippen molar-refractivity contribution in [3.05, 3.63) is 16.0 Å². The minimum atomic E-state index is -0.680. The summed E-state index contributed by atoms with van der Waals surface area (Å²) in [6.45, 7) is 8.41. The van der Waals surface area contributed by atoms with Gasteiger partial charge in [-0.05, 0) is 33.3 Å². The second-order valence-corrected chi connectivity index (χ2v) is 5.60. The number of nitrogens with one attached hydrogen (secondary N) is 1. The van der Waals surface area contributed by atoms with Gasteiger partial charge in [0.1, 0.15) is 5.00 Å². The molecule has 1 heterocycles. The Hall–Kier alpha value is -2.09. The van der Waals surface area contributed by atoms with E-state index in [9.17, 15) is 14.4 Å². The number of hydrogen-bond acceptors (Lipinski definition) is 6. The first kappa shape index (κ1) is 19.0. The van der Waals surface area contributed by atoms with Gasteiger partial charge in [0.2, 0.25) is 0 Å². The Morgan fingerprint density at radius 2 is 1.78 bits per heavy atom. The minimum Gasteiger partial charge on any atom is -0.465 e. The van der Waals surface area contributed by atoms with Crippen LogP contribution in [0.5, 0.6) is 0 Å². The van der Waals surface area contributed by atoms with Crippen LogP contribution in [0.2, 0.25) is 0 Å². The van der Waals surface area contributed by atoms with E-state index in [1.54, 1.807) is 18.7 Å². The van der Waals surface area contributed by atoms with E-state index >= 15 is 0 Å².